The fraction of sp³-hybridized carbons (Fsp3) is 0.278. The molecule has 0 saturated carbocycles. The average molecular weight is 330 g/mol. The topological polar surface area (TPSA) is 49.6 Å². The second kappa shape index (κ2) is 6.92. The van der Waals surface area contributed by atoms with E-state index in [1.165, 1.54) is 0 Å². The van der Waals surface area contributed by atoms with E-state index in [0.29, 0.717) is 6.42 Å². The summed E-state index contributed by atoms with van der Waals surface area (Å²) in [6.45, 7) is 3.18. The molecule has 2 N–H and O–H groups in total. The number of anilines is 2. The first-order valence-corrected chi connectivity index (χ1v) is 8.12. The molecule has 2 aromatic rings. The van der Waals surface area contributed by atoms with Crippen LogP contribution in [0.5, 0.6) is 0 Å². The molecule has 2 aromatic carbocycles. The van der Waals surface area contributed by atoms with Crippen molar-refractivity contribution < 1.29 is 4.79 Å². The minimum atomic E-state index is 0.172. The van der Waals surface area contributed by atoms with Crippen LogP contribution in [0.3, 0.4) is 0 Å². The minimum Gasteiger partial charge on any atom is -0.399 e. The largest absolute Gasteiger partial charge is 0.399 e. The number of halogens is 1. The zero-order valence-corrected chi connectivity index (χ0v) is 13.7. The molecule has 5 heteroatoms. The lowest BCUT2D eigenvalue weighted by atomic mass is 10.1. The van der Waals surface area contributed by atoms with Gasteiger partial charge in [-0.15, -0.1) is 0 Å². The number of carbonyl (C=O) groups is 1. The molecule has 0 bridgehead atoms. The van der Waals surface area contributed by atoms with Crippen molar-refractivity contribution in [1.29, 1.82) is 0 Å². The van der Waals surface area contributed by atoms with E-state index in [-0.39, 0.29) is 5.91 Å². The molecule has 1 aliphatic heterocycles. The van der Waals surface area contributed by atoms with E-state index in [0.717, 1.165) is 48.1 Å². The Balaban J connectivity index is 1.54. The Morgan fingerprint density at radius 1 is 0.957 bits per heavy atom. The van der Waals surface area contributed by atoms with Crippen molar-refractivity contribution in [2.75, 3.05) is 36.8 Å². The van der Waals surface area contributed by atoms with Crippen molar-refractivity contribution in [2.45, 2.75) is 6.42 Å². The number of hydrogen-bond donors (Lipinski definition) is 1. The Labute approximate surface area is 141 Å². The summed E-state index contributed by atoms with van der Waals surface area (Å²) in [5.41, 5.74) is 8.55. The molecule has 0 spiro atoms. The number of nitrogens with zero attached hydrogens (tertiary/aromatic N) is 2. The van der Waals surface area contributed by atoms with Gasteiger partial charge in [0.1, 0.15) is 0 Å². The Bertz CT molecular complexity index is 662. The van der Waals surface area contributed by atoms with Crippen LogP contribution in [0.15, 0.2) is 48.5 Å². The van der Waals surface area contributed by atoms with Crippen LogP contribution in [0.2, 0.25) is 5.02 Å². The molecular weight excluding hydrogens is 310 g/mol. The number of hydrogen-bond acceptors (Lipinski definition) is 3. The molecule has 1 heterocycles. The van der Waals surface area contributed by atoms with Crippen LogP contribution in [0, 0.1) is 0 Å². The van der Waals surface area contributed by atoms with Gasteiger partial charge in [-0.2, -0.15) is 0 Å². The van der Waals surface area contributed by atoms with Gasteiger partial charge in [-0.3, -0.25) is 4.79 Å². The highest BCUT2D eigenvalue weighted by Gasteiger charge is 2.21. The Morgan fingerprint density at radius 3 is 2.17 bits per heavy atom. The molecule has 0 aliphatic carbocycles. The van der Waals surface area contributed by atoms with Crippen molar-refractivity contribution in [3.63, 3.8) is 0 Å². The SMILES string of the molecule is Nc1ccc(CC(=O)N2CCN(c3ccc(Cl)cc3)CC2)cc1. The van der Waals surface area contributed by atoms with E-state index >= 15 is 0 Å². The number of amides is 1. The van der Waals surface area contributed by atoms with Gasteiger partial charge in [0.25, 0.3) is 0 Å². The van der Waals surface area contributed by atoms with Crippen LogP contribution in [-0.4, -0.2) is 37.0 Å². The molecule has 0 aromatic heterocycles. The number of nitrogens with two attached hydrogens (primary N) is 1. The molecule has 0 unspecified atom stereocenters. The standard InChI is InChI=1S/C18H20ClN3O/c19-15-3-7-17(8-4-15)21-9-11-22(12-10-21)18(23)13-14-1-5-16(20)6-2-14/h1-8H,9-13,20H2. The molecule has 1 saturated heterocycles. The molecule has 0 radical (unpaired) electrons. The third-order valence-electron chi connectivity index (χ3n) is 4.16. The van der Waals surface area contributed by atoms with Crippen molar-refractivity contribution >= 4 is 28.9 Å². The smallest absolute Gasteiger partial charge is 0.227 e. The zero-order chi connectivity index (χ0) is 16.2. The van der Waals surface area contributed by atoms with Gasteiger partial charge in [0, 0.05) is 42.6 Å². The second-order valence-corrected chi connectivity index (χ2v) is 6.20. The van der Waals surface area contributed by atoms with Gasteiger partial charge in [0.2, 0.25) is 5.91 Å². The Morgan fingerprint density at radius 2 is 1.57 bits per heavy atom. The molecule has 23 heavy (non-hydrogen) atoms. The summed E-state index contributed by atoms with van der Waals surface area (Å²) in [5.74, 6) is 0.172. The predicted octanol–water partition coefficient (Wildman–Crippen LogP) is 2.81. The summed E-state index contributed by atoms with van der Waals surface area (Å²) in [7, 11) is 0. The van der Waals surface area contributed by atoms with Gasteiger partial charge >= 0.3 is 0 Å². The van der Waals surface area contributed by atoms with Gasteiger partial charge in [0.05, 0.1) is 6.42 Å². The van der Waals surface area contributed by atoms with E-state index in [4.69, 9.17) is 17.3 Å². The van der Waals surface area contributed by atoms with Crippen LogP contribution in [0.4, 0.5) is 11.4 Å². The maximum absolute atomic E-state index is 12.4. The van der Waals surface area contributed by atoms with E-state index in [1.54, 1.807) is 0 Å². The van der Waals surface area contributed by atoms with E-state index in [2.05, 4.69) is 4.90 Å². The fourth-order valence-electron chi connectivity index (χ4n) is 2.79. The first-order valence-electron chi connectivity index (χ1n) is 7.74. The lowest BCUT2D eigenvalue weighted by Crippen LogP contribution is -2.49. The van der Waals surface area contributed by atoms with Crippen LogP contribution in [0.1, 0.15) is 5.56 Å². The van der Waals surface area contributed by atoms with Crippen molar-refractivity contribution in [3.8, 4) is 0 Å². The number of carbonyl (C=O) groups excluding carboxylic acids is 1. The molecule has 0 atom stereocenters. The van der Waals surface area contributed by atoms with Crippen molar-refractivity contribution in [3.05, 3.63) is 59.1 Å². The third kappa shape index (κ3) is 3.96. The quantitative estimate of drug-likeness (QED) is 0.881. The maximum Gasteiger partial charge on any atom is 0.227 e. The van der Waals surface area contributed by atoms with Gasteiger partial charge in [-0.1, -0.05) is 23.7 Å². The summed E-state index contributed by atoms with van der Waals surface area (Å²) < 4.78 is 0. The number of benzene rings is 2. The van der Waals surface area contributed by atoms with Gasteiger partial charge in [-0.05, 0) is 42.0 Å². The summed E-state index contributed by atoms with van der Waals surface area (Å²) in [6.07, 6.45) is 0.432. The van der Waals surface area contributed by atoms with Gasteiger partial charge < -0.3 is 15.5 Å². The predicted molar refractivity (Wildman–Crippen MR) is 94.8 cm³/mol. The number of piperazine rings is 1. The van der Waals surface area contributed by atoms with Gasteiger partial charge in [-0.25, -0.2) is 0 Å². The highest BCUT2D eigenvalue weighted by molar-refractivity contribution is 6.30. The molecule has 1 fully saturated rings. The highest BCUT2D eigenvalue weighted by atomic mass is 35.5. The lowest BCUT2D eigenvalue weighted by molar-refractivity contribution is -0.130. The van der Waals surface area contributed by atoms with Crippen LogP contribution in [0.25, 0.3) is 0 Å². The fourth-order valence-corrected chi connectivity index (χ4v) is 2.91. The second-order valence-electron chi connectivity index (χ2n) is 5.76. The molecule has 3 rings (SSSR count). The number of rotatable bonds is 3. The average Bonchev–Trinajstić information content (AvgIpc) is 2.58. The van der Waals surface area contributed by atoms with E-state index in [9.17, 15) is 4.79 Å². The van der Waals surface area contributed by atoms with Crippen molar-refractivity contribution in [2.24, 2.45) is 0 Å². The number of nitrogen functional groups attached to an aromatic ring is 1. The summed E-state index contributed by atoms with van der Waals surface area (Å²) in [4.78, 5) is 16.6. The third-order valence-corrected chi connectivity index (χ3v) is 4.41. The van der Waals surface area contributed by atoms with Gasteiger partial charge in [0.15, 0.2) is 0 Å². The van der Waals surface area contributed by atoms with E-state index < -0.39 is 0 Å². The highest BCUT2D eigenvalue weighted by Crippen LogP contribution is 2.19. The normalized spacial score (nSPS) is 14.8. The first-order chi connectivity index (χ1) is 11.1. The molecule has 120 valence electrons. The van der Waals surface area contributed by atoms with Crippen LogP contribution >= 0.6 is 11.6 Å². The molecular formula is C18H20ClN3O. The molecule has 1 aliphatic rings. The van der Waals surface area contributed by atoms with Crippen LogP contribution in [-0.2, 0) is 11.2 Å². The summed E-state index contributed by atoms with van der Waals surface area (Å²) >= 11 is 5.92. The van der Waals surface area contributed by atoms with Crippen LogP contribution < -0.4 is 10.6 Å². The summed E-state index contributed by atoms with van der Waals surface area (Å²) in [6, 6.07) is 15.3. The monoisotopic (exact) mass is 329 g/mol. The zero-order valence-electron chi connectivity index (χ0n) is 12.9. The summed E-state index contributed by atoms with van der Waals surface area (Å²) in [5, 5.41) is 0.742. The maximum atomic E-state index is 12.4. The minimum absolute atomic E-state index is 0.172. The Kier molecular flexibility index (Phi) is 4.72. The van der Waals surface area contributed by atoms with Crippen molar-refractivity contribution in [1.82, 2.24) is 4.90 Å². The molecule has 4 nitrogen and oxygen atoms in total. The first kappa shape index (κ1) is 15.7. The lowest BCUT2D eigenvalue weighted by Gasteiger charge is -2.36. The Hall–Kier alpha value is -2.20. The molecule has 1 amide bonds. The van der Waals surface area contributed by atoms with E-state index in [1.807, 2.05) is 53.4 Å².